The van der Waals surface area contributed by atoms with Crippen LogP contribution >= 0.6 is 0 Å². The van der Waals surface area contributed by atoms with Crippen molar-refractivity contribution in [3.8, 4) is 0 Å². The fourth-order valence-electron chi connectivity index (χ4n) is 2.77. The molecule has 0 aromatic carbocycles. The topological polar surface area (TPSA) is 70.8 Å². The smallest absolute Gasteiger partial charge is 0.155 e. The zero-order valence-electron chi connectivity index (χ0n) is 12.1. The van der Waals surface area contributed by atoms with Crippen molar-refractivity contribution in [2.45, 2.75) is 45.6 Å². The van der Waals surface area contributed by atoms with Crippen molar-refractivity contribution in [3.05, 3.63) is 29.2 Å². The molecule has 0 unspecified atom stereocenters. The van der Waals surface area contributed by atoms with Crippen LogP contribution in [-0.4, -0.2) is 38.3 Å². The SMILES string of the molecule is CCc1cc(CN2CCC[C@@H](c3n[nH]c(C)n3)C2)on1. The quantitative estimate of drug-likeness (QED) is 0.924. The number of aromatic amines is 1. The van der Waals surface area contributed by atoms with Gasteiger partial charge >= 0.3 is 0 Å². The van der Waals surface area contributed by atoms with E-state index in [4.69, 9.17) is 4.52 Å². The third-order valence-electron chi connectivity index (χ3n) is 3.83. The zero-order chi connectivity index (χ0) is 13.9. The molecule has 0 saturated carbocycles. The summed E-state index contributed by atoms with van der Waals surface area (Å²) in [5.74, 6) is 3.20. The van der Waals surface area contributed by atoms with Crippen molar-refractivity contribution in [3.63, 3.8) is 0 Å². The van der Waals surface area contributed by atoms with Gasteiger partial charge < -0.3 is 4.52 Å². The average Bonchev–Trinajstić information content (AvgIpc) is 3.08. The van der Waals surface area contributed by atoms with Crippen LogP contribution in [0.5, 0.6) is 0 Å². The maximum Gasteiger partial charge on any atom is 0.155 e. The Morgan fingerprint density at radius 2 is 2.40 bits per heavy atom. The van der Waals surface area contributed by atoms with Crippen molar-refractivity contribution in [1.82, 2.24) is 25.2 Å². The van der Waals surface area contributed by atoms with E-state index in [1.54, 1.807) is 0 Å². The van der Waals surface area contributed by atoms with Gasteiger partial charge in [0, 0.05) is 18.5 Å². The van der Waals surface area contributed by atoms with Crippen LogP contribution in [0.1, 0.15) is 48.8 Å². The minimum atomic E-state index is 0.419. The molecule has 1 fully saturated rings. The van der Waals surface area contributed by atoms with Crippen LogP contribution in [0.4, 0.5) is 0 Å². The summed E-state index contributed by atoms with van der Waals surface area (Å²) in [6.45, 7) is 6.94. The van der Waals surface area contributed by atoms with Gasteiger partial charge in [-0.15, -0.1) is 0 Å². The fourth-order valence-corrected chi connectivity index (χ4v) is 2.77. The number of nitrogens with one attached hydrogen (secondary N) is 1. The molecule has 20 heavy (non-hydrogen) atoms. The van der Waals surface area contributed by atoms with Crippen LogP contribution in [0.2, 0.25) is 0 Å². The molecule has 2 aromatic heterocycles. The summed E-state index contributed by atoms with van der Waals surface area (Å²) in [4.78, 5) is 6.87. The summed E-state index contributed by atoms with van der Waals surface area (Å²) in [5, 5.41) is 11.3. The third kappa shape index (κ3) is 2.90. The first kappa shape index (κ1) is 13.3. The second-order valence-electron chi connectivity index (χ2n) is 5.49. The fraction of sp³-hybridized carbons (Fsp3) is 0.643. The summed E-state index contributed by atoms with van der Waals surface area (Å²) in [6, 6.07) is 2.06. The minimum absolute atomic E-state index is 0.419. The maximum atomic E-state index is 5.37. The van der Waals surface area contributed by atoms with Crippen LogP contribution in [0.25, 0.3) is 0 Å². The van der Waals surface area contributed by atoms with E-state index in [1.807, 2.05) is 6.92 Å². The van der Waals surface area contributed by atoms with E-state index < -0.39 is 0 Å². The summed E-state index contributed by atoms with van der Waals surface area (Å²) in [7, 11) is 0. The first-order valence-electron chi connectivity index (χ1n) is 7.30. The van der Waals surface area contributed by atoms with Crippen molar-refractivity contribution in [2.75, 3.05) is 13.1 Å². The van der Waals surface area contributed by atoms with Gasteiger partial charge in [-0.05, 0) is 32.7 Å². The number of hydrogen-bond acceptors (Lipinski definition) is 5. The molecule has 0 amide bonds. The Bertz CT molecular complexity index is 561. The maximum absolute atomic E-state index is 5.37. The molecule has 1 aliphatic rings. The molecule has 1 N–H and O–H groups in total. The van der Waals surface area contributed by atoms with Crippen LogP contribution < -0.4 is 0 Å². The highest BCUT2D eigenvalue weighted by molar-refractivity contribution is 5.06. The largest absolute Gasteiger partial charge is 0.360 e. The van der Waals surface area contributed by atoms with Gasteiger partial charge in [0.2, 0.25) is 0 Å². The molecule has 108 valence electrons. The summed E-state index contributed by atoms with van der Waals surface area (Å²) in [6.07, 6.45) is 3.25. The zero-order valence-corrected chi connectivity index (χ0v) is 12.1. The van der Waals surface area contributed by atoms with Gasteiger partial charge in [0.05, 0.1) is 12.2 Å². The molecule has 3 heterocycles. The Morgan fingerprint density at radius 1 is 1.50 bits per heavy atom. The molecule has 6 heteroatoms. The average molecular weight is 275 g/mol. The number of nitrogens with zero attached hydrogens (tertiary/aromatic N) is 4. The van der Waals surface area contributed by atoms with Crippen LogP contribution in [0, 0.1) is 6.92 Å². The third-order valence-corrected chi connectivity index (χ3v) is 3.83. The van der Waals surface area contributed by atoms with Crippen molar-refractivity contribution >= 4 is 0 Å². The van der Waals surface area contributed by atoms with E-state index in [9.17, 15) is 0 Å². The highest BCUT2D eigenvalue weighted by atomic mass is 16.5. The van der Waals surface area contributed by atoms with Gasteiger partial charge in [-0.1, -0.05) is 12.1 Å². The Kier molecular flexibility index (Phi) is 3.82. The van der Waals surface area contributed by atoms with Gasteiger partial charge in [-0.2, -0.15) is 5.10 Å². The Balaban J connectivity index is 1.63. The molecule has 1 atom stereocenters. The van der Waals surface area contributed by atoms with E-state index in [-0.39, 0.29) is 0 Å². The number of piperidine rings is 1. The molecule has 0 bridgehead atoms. The van der Waals surface area contributed by atoms with E-state index in [1.165, 1.54) is 6.42 Å². The Labute approximate surface area is 118 Å². The lowest BCUT2D eigenvalue weighted by Crippen LogP contribution is -2.34. The highest BCUT2D eigenvalue weighted by Gasteiger charge is 2.25. The van der Waals surface area contributed by atoms with Crippen LogP contribution in [-0.2, 0) is 13.0 Å². The number of likely N-dealkylation sites (tertiary alicyclic amines) is 1. The van der Waals surface area contributed by atoms with Crippen LogP contribution in [0.3, 0.4) is 0 Å². The summed E-state index contributed by atoms with van der Waals surface area (Å²) >= 11 is 0. The second kappa shape index (κ2) is 5.75. The second-order valence-corrected chi connectivity index (χ2v) is 5.49. The van der Waals surface area contributed by atoms with E-state index >= 15 is 0 Å². The predicted octanol–water partition coefficient (Wildman–Crippen LogP) is 2.04. The predicted molar refractivity (Wildman–Crippen MR) is 74.3 cm³/mol. The van der Waals surface area contributed by atoms with E-state index in [2.05, 4.69) is 38.2 Å². The Morgan fingerprint density at radius 3 is 3.10 bits per heavy atom. The first-order valence-corrected chi connectivity index (χ1v) is 7.30. The minimum Gasteiger partial charge on any atom is -0.360 e. The number of aryl methyl sites for hydroxylation is 2. The highest BCUT2D eigenvalue weighted by Crippen LogP contribution is 2.25. The van der Waals surface area contributed by atoms with Gasteiger partial charge in [0.1, 0.15) is 5.82 Å². The molecule has 1 saturated heterocycles. The van der Waals surface area contributed by atoms with Crippen molar-refractivity contribution in [2.24, 2.45) is 0 Å². The number of H-pyrrole nitrogens is 1. The van der Waals surface area contributed by atoms with Gasteiger partial charge in [0.15, 0.2) is 11.6 Å². The number of rotatable bonds is 4. The van der Waals surface area contributed by atoms with Gasteiger partial charge in [-0.25, -0.2) is 4.98 Å². The van der Waals surface area contributed by atoms with Crippen molar-refractivity contribution < 1.29 is 4.52 Å². The first-order chi connectivity index (χ1) is 9.74. The van der Waals surface area contributed by atoms with E-state index in [0.717, 1.165) is 55.6 Å². The molecule has 1 aliphatic heterocycles. The molecule has 0 aliphatic carbocycles. The number of aromatic nitrogens is 4. The lowest BCUT2D eigenvalue weighted by molar-refractivity contribution is 0.177. The lowest BCUT2D eigenvalue weighted by Gasteiger charge is -2.30. The molecule has 6 nitrogen and oxygen atoms in total. The normalized spacial score (nSPS) is 20.4. The number of hydrogen-bond donors (Lipinski definition) is 1. The summed E-state index contributed by atoms with van der Waals surface area (Å²) < 4.78 is 5.37. The molecule has 0 radical (unpaired) electrons. The molecular formula is C14H21N5O. The lowest BCUT2D eigenvalue weighted by atomic mass is 9.97. The molecule has 0 spiro atoms. The van der Waals surface area contributed by atoms with Crippen molar-refractivity contribution in [1.29, 1.82) is 0 Å². The monoisotopic (exact) mass is 275 g/mol. The Hall–Kier alpha value is -1.69. The summed E-state index contributed by atoms with van der Waals surface area (Å²) in [5.41, 5.74) is 1.03. The molecular weight excluding hydrogens is 254 g/mol. The van der Waals surface area contributed by atoms with Gasteiger partial charge in [-0.3, -0.25) is 10.00 Å². The van der Waals surface area contributed by atoms with E-state index in [0.29, 0.717) is 5.92 Å². The van der Waals surface area contributed by atoms with Crippen LogP contribution in [0.15, 0.2) is 10.6 Å². The standard InChI is InChI=1S/C14H21N5O/c1-3-12-7-13(20-18-12)9-19-6-4-5-11(8-19)14-15-10(2)16-17-14/h7,11H,3-6,8-9H2,1-2H3,(H,15,16,17)/t11-/m1/s1. The molecule has 2 aromatic rings. The molecule has 3 rings (SSSR count). The van der Waals surface area contributed by atoms with Gasteiger partial charge in [0.25, 0.3) is 0 Å².